The lowest BCUT2D eigenvalue weighted by Gasteiger charge is -2.09. The molecule has 0 radical (unpaired) electrons. The highest BCUT2D eigenvalue weighted by atomic mass is 35.5. The summed E-state index contributed by atoms with van der Waals surface area (Å²) in [6, 6.07) is 13.8. The second-order valence-electron chi connectivity index (χ2n) is 4.94. The molecule has 3 rings (SSSR count). The third-order valence-electron chi connectivity index (χ3n) is 3.50. The Balaban J connectivity index is 1.96. The van der Waals surface area contributed by atoms with Crippen LogP contribution in [0.25, 0.3) is 10.9 Å². The van der Waals surface area contributed by atoms with Gasteiger partial charge < -0.3 is 15.0 Å². The van der Waals surface area contributed by atoms with Crippen molar-refractivity contribution in [3.8, 4) is 5.75 Å². The van der Waals surface area contributed by atoms with E-state index in [9.17, 15) is 0 Å². The number of hydrogen-bond donors (Lipinski definition) is 1. The summed E-state index contributed by atoms with van der Waals surface area (Å²) in [6.07, 6.45) is 2.06. The zero-order valence-electron chi connectivity index (χ0n) is 11.8. The third kappa shape index (κ3) is 2.83. The van der Waals surface area contributed by atoms with Gasteiger partial charge in [0.25, 0.3) is 0 Å². The number of aromatic nitrogens is 1. The van der Waals surface area contributed by atoms with E-state index in [4.69, 9.17) is 22.1 Å². The van der Waals surface area contributed by atoms with E-state index in [1.807, 2.05) is 31.2 Å². The Morgan fingerprint density at radius 2 is 2.00 bits per heavy atom. The minimum absolute atomic E-state index is 0.672. The van der Waals surface area contributed by atoms with Crippen molar-refractivity contribution in [2.75, 3.05) is 12.3 Å². The fourth-order valence-electron chi connectivity index (χ4n) is 2.47. The van der Waals surface area contributed by atoms with Gasteiger partial charge in [0.05, 0.1) is 6.61 Å². The smallest absolute Gasteiger partial charge is 0.120 e. The van der Waals surface area contributed by atoms with Gasteiger partial charge in [0.2, 0.25) is 0 Å². The van der Waals surface area contributed by atoms with Crippen molar-refractivity contribution >= 4 is 28.2 Å². The predicted octanol–water partition coefficient (Wildman–Crippen LogP) is 4.32. The Morgan fingerprint density at radius 1 is 1.14 bits per heavy atom. The molecule has 0 aliphatic rings. The summed E-state index contributed by atoms with van der Waals surface area (Å²) in [7, 11) is 0. The Kier molecular flexibility index (Phi) is 3.76. The summed E-state index contributed by atoms with van der Waals surface area (Å²) in [4.78, 5) is 0. The Bertz CT molecular complexity index is 780. The van der Waals surface area contributed by atoms with Crippen LogP contribution in [-0.2, 0) is 6.54 Å². The molecule has 0 spiro atoms. The minimum atomic E-state index is 0.672. The summed E-state index contributed by atoms with van der Waals surface area (Å²) in [5.74, 6) is 0.894. The molecule has 0 aliphatic heterocycles. The SMILES string of the molecule is CCOc1ccc2c(ccn2Cc2cc(Cl)ccc2N)c1. The quantitative estimate of drug-likeness (QED) is 0.729. The van der Waals surface area contributed by atoms with E-state index >= 15 is 0 Å². The van der Waals surface area contributed by atoms with Gasteiger partial charge in [0, 0.05) is 34.4 Å². The lowest BCUT2D eigenvalue weighted by atomic mass is 10.2. The summed E-state index contributed by atoms with van der Waals surface area (Å²) in [6.45, 7) is 3.35. The molecule has 2 N–H and O–H groups in total. The number of ether oxygens (including phenoxy) is 1. The molecule has 3 nitrogen and oxygen atoms in total. The van der Waals surface area contributed by atoms with Gasteiger partial charge in [0.15, 0.2) is 0 Å². The van der Waals surface area contributed by atoms with Gasteiger partial charge in [-0.2, -0.15) is 0 Å². The largest absolute Gasteiger partial charge is 0.494 e. The summed E-state index contributed by atoms with van der Waals surface area (Å²) >= 11 is 6.05. The Labute approximate surface area is 128 Å². The maximum atomic E-state index is 6.05. The number of anilines is 1. The first-order valence-corrected chi connectivity index (χ1v) is 7.31. The van der Waals surface area contributed by atoms with Gasteiger partial charge in [-0.15, -0.1) is 0 Å². The van der Waals surface area contributed by atoms with Crippen molar-refractivity contribution in [1.82, 2.24) is 4.57 Å². The van der Waals surface area contributed by atoms with Crippen LogP contribution < -0.4 is 10.5 Å². The van der Waals surface area contributed by atoms with E-state index in [0.29, 0.717) is 18.2 Å². The van der Waals surface area contributed by atoms with Gasteiger partial charge in [-0.05, 0) is 55.0 Å². The number of hydrogen-bond acceptors (Lipinski definition) is 2. The van der Waals surface area contributed by atoms with Crippen LogP contribution in [-0.4, -0.2) is 11.2 Å². The van der Waals surface area contributed by atoms with E-state index in [0.717, 1.165) is 27.9 Å². The number of rotatable bonds is 4. The number of benzene rings is 2. The lowest BCUT2D eigenvalue weighted by Crippen LogP contribution is -2.01. The Hall–Kier alpha value is -2.13. The number of nitrogens with two attached hydrogens (primary N) is 1. The highest BCUT2D eigenvalue weighted by molar-refractivity contribution is 6.30. The maximum Gasteiger partial charge on any atom is 0.120 e. The van der Waals surface area contributed by atoms with Gasteiger partial charge in [-0.25, -0.2) is 0 Å². The van der Waals surface area contributed by atoms with E-state index in [2.05, 4.69) is 29.0 Å². The average Bonchev–Trinajstić information content (AvgIpc) is 2.86. The highest BCUT2D eigenvalue weighted by Crippen LogP contribution is 2.25. The summed E-state index contributed by atoms with van der Waals surface area (Å²) in [5.41, 5.74) is 8.95. The molecular formula is C17H17ClN2O. The van der Waals surface area contributed by atoms with Crippen LogP contribution in [0.3, 0.4) is 0 Å². The first kappa shape index (κ1) is 13.8. The molecule has 4 heteroatoms. The first-order valence-electron chi connectivity index (χ1n) is 6.93. The predicted molar refractivity (Wildman–Crippen MR) is 88.1 cm³/mol. The van der Waals surface area contributed by atoms with E-state index in [1.54, 1.807) is 0 Å². The number of halogens is 1. The molecule has 1 heterocycles. The number of fused-ring (bicyclic) bond motifs is 1. The van der Waals surface area contributed by atoms with Crippen LogP contribution in [0.5, 0.6) is 5.75 Å². The van der Waals surface area contributed by atoms with E-state index in [1.165, 1.54) is 0 Å². The molecule has 0 aliphatic carbocycles. The minimum Gasteiger partial charge on any atom is -0.494 e. The summed E-state index contributed by atoms with van der Waals surface area (Å²) in [5, 5.41) is 1.86. The molecule has 0 unspecified atom stereocenters. The standard InChI is InChI=1S/C17H17ClN2O/c1-2-21-15-4-6-17-12(10-15)7-8-20(17)11-13-9-14(18)3-5-16(13)19/h3-10H,2,11,19H2,1H3. The fraction of sp³-hybridized carbons (Fsp3) is 0.176. The van der Waals surface area contributed by atoms with Crippen LogP contribution in [0, 0.1) is 0 Å². The van der Waals surface area contributed by atoms with Crippen LogP contribution in [0.15, 0.2) is 48.7 Å². The highest BCUT2D eigenvalue weighted by Gasteiger charge is 2.06. The van der Waals surface area contributed by atoms with Crippen LogP contribution in [0.4, 0.5) is 5.69 Å². The second kappa shape index (κ2) is 5.70. The summed E-state index contributed by atoms with van der Waals surface area (Å²) < 4.78 is 7.69. The topological polar surface area (TPSA) is 40.2 Å². The molecule has 0 fully saturated rings. The Morgan fingerprint density at radius 3 is 2.81 bits per heavy atom. The molecule has 0 bridgehead atoms. The molecule has 1 aromatic heterocycles. The molecular weight excluding hydrogens is 284 g/mol. The molecule has 2 aromatic carbocycles. The monoisotopic (exact) mass is 300 g/mol. The number of nitrogen functional groups attached to an aromatic ring is 1. The van der Waals surface area contributed by atoms with E-state index < -0.39 is 0 Å². The molecule has 108 valence electrons. The van der Waals surface area contributed by atoms with Crippen molar-refractivity contribution in [1.29, 1.82) is 0 Å². The average molecular weight is 301 g/mol. The molecule has 0 atom stereocenters. The van der Waals surface area contributed by atoms with Crippen molar-refractivity contribution in [3.05, 3.63) is 59.2 Å². The molecule has 21 heavy (non-hydrogen) atoms. The molecule has 0 amide bonds. The lowest BCUT2D eigenvalue weighted by molar-refractivity contribution is 0.340. The van der Waals surface area contributed by atoms with Crippen molar-refractivity contribution in [2.24, 2.45) is 0 Å². The second-order valence-corrected chi connectivity index (χ2v) is 5.38. The zero-order chi connectivity index (χ0) is 14.8. The van der Waals surface area contributed by atoms with Crippen LogP contribution >= 0.6 is 11.6 Å². The van der Waals surface area contributed by atoms with Gasteiger partial charge in [0.1, 0.15) is 5.75 Å². The van der Waals surface area contributed by atoms with Crippen molar-refractivity contribution in [3.63, 3.8) is 0 Å². The van der Waals surface area contributed by atoms with Crippen LogP contribution in [0.1, 0.15) is 12.5 Å². The van der Waals surface area contributed by atoms with Crippen LogP contribution in [0.2, 0.25) is 5.02 Å². The van der Waals surface area contributed by atoms with Gasteiger partial charge in [-0.3, -0.25) is 0 Å². The third-order valence-corrected chi connectivity index (χ3v) is 3.73. The van der Waals surface area contributed by atoms with Gasteiger partial charge in [-0.1, -0.05) is 11.6 Å². The van der Waals surface area contributed by atoms with Gasteiger partial charge >= 0.3 is 0 Å². The maximum absolute atomic E-state index is 6.05. The molecule has 3 aromatic rings. The first-order chi connectivity index (χ1) is 10.2. The van der Waals surface area contributed by atoms with Crippen molar-refractivity contribution in [2.45, 2.75) is 13.5 Å². The normalized spacial score (nSPS) is 11.0. The molecule has 0 saturated carbocycles. The van der Waals surface area contributed by atoms with Crippen molar-refractivity contribution < 1.29 is 4.74 Å². The fourth-order valence-corrected chi connectivity index (χ4v) is 2.66. The zero-order valence-corrected chi connectivity index (χ0v) is 12.6. The van der Waals surface area contributed by atoms with E-state index in [-0.39, 0.29) is 0 Å². The molecule has 0 saturated heterocycles. The number of nitrogens with zero attached hydrogens (tertiary/aromatic N) is 1.